The number of hydrogen-bond donors (Lipinski definition) is 2. The minimum atomic E-state index is 0. The van der Waals surface area contributed by atoms with Gasteiger partial charge in [-0.3, -0.25) is 4.99 Å². The Morgan fingerprint density at radius 2 is 2.11 bits per heavy atom. The molecule has 0 radical (unpaired) electrons. The number of halogens is 3. The molecule has 0 aromatic heterocycles. The average Bonchev–Trinajstić information content (AvgIpc) is 2.31. The van der Waals surface area contributed by atoms with Crippen LogP contribution in [0.4, 0.5) is 0 Å². The Hall–Kier alpha value is -0.640. The van der Waals surface area contributed by atoms with E-state index >= 15 is 0 Å². The first kappa shape index (κ1) is 17.4. The summed E-state index contributed by atoms with van der Waals surface area (Å²) in [5.74, 6) is 3.11. The van der Waals surface area contributed by atoms with Gasteiger partial charge in [-0.15, -0.1) is 30.4 Å². The summed E-state index contributed by atoms with van der Waals surface area (Å²) in [6.07, 6.45) is 5.15. The molecule has 0 aliphatic rings. The molecule has 1 rings (SSSR count). The van der Waals surface area contributed by atoms with Gasteiger partial charge in [-0.05, 0) is 17.7 Å². The third kappa shape index (κ3) is 5.80. The lowest BCUT2D eigenvalue weighted by atomic mass is 10.2. The maximum atomic E-state index is 6.04. The van der Waals surface area contributed by atoms with Crippen molar-refractivity contribution >= 4 is 53.1 Å². The molecule has 18 heavy (non-hydrogen) atoms. The number of nitrogens with zero attached hydrogens (tertiary/aromatic N) is 1. The predicted molar refractivity (Wildman–Crippen MR) is 88.9 cm³/mol. The normalized spacial score (nSPS) is 10.2. The first-order valence-corrected chi connectivity index (χ1v) is 5.75. The van der Waals surface area contributed by atoms with Crippen molar-refractivity contribution in [1.82, 2.24) is 10.6 Å². The third-order valence-corrected chi connectivity index (χ3v) is 2.63. The van der Waals surface area contributed by atoms with E-state index in [1.54, 1.807) is 19.2 Å². The summed E-state index contributed by atoms with van der Waals surface area (Å²) in [6.45, 7) is 0.980. The summed E-state index contributed by atoms with van der Waals surface area (Å²) < 4.78 is 0. The van der Waals surface area contributed by atoms with Gasteiger partial charge in [0, 0.05) is 23.6 Å². The van der Waals surface area contributed by atoms with Gasteiger partial charge >= 0.3 is 0 Å². The van der Waals surface area contributed by atoms with Gasteiger partial charge < -0.3 is 10.6 Å². The zero-order valence-corrected chi connectivity index (χ0v) is 13.7. The molecule has 0 amide bonds. The molecule has 0 saturated heterocycles. The fourth-order valence-electron chi connectivity index (χ4n) is 1.20. The van der Waals surface area contributed by atoms with E-state index in [0.29, 0.717) is 29.1 Å². The standard InChI is InChI=1S/C12H13Cl2N3.HI/c1-3-6-16-12(15-2)17-8-9-4-5-10(13)7-11(9)14;/h1,4-5,7H,6,8H2,2H3,(H2,15,16,17);1H. The smallest absolute Gasteiger partial charge is 0.192 e. The number of guanidine groups is 1. The second kappa shape index (κ2) is 9.31. The fraction of sp³-hybridized carbons (Fsp3) is 0.250. The molecular formula is C12H14Cl2IN3. The van der Waals surface area contributed by atoms with Crippen molar-refractivity contribution in [3.63, 3.8) is 0 Å². The highest BCUT2D eigenvalue weighted by molar-refractivity contribution is 14.0. The summed E-state index contributed by atoms with van der Waals surface area (Å²) in [5.41, 5.74) is 0.944. The Balaban J connectivity index is 0.00000289. The molecule has 0 heterocycles. The predicted octanol–water partition coefficient (Wildman–Crippen LogP) is 2.91. The van der Waals surface area contributed by atoms with Crippen LogP contribution < -0.4 is 10.6 Å². The van der Waals surface area contributed by atoms with Crippen molar-refractivity contribution in [2.45, 2.75) is 6.54 Å². The minimum absolute atomic E-state index is 0. The Kier molecular flexibility index (Phi) is 8.98. The van der Waals surface area contributed by atoms with Gasteiger partial charge in [-0.2, -0.15) is 0 Å². The Bertz CT molecular complexity index is 455. The molecule has 0 unspecified atom stereocenters. The van der Waals surface area contributed by atoms with E-state index in [1.165, 1.54) is 0 Å². The molecule has 98 valence electrons. The van der Waals surface area contributed by atoms with E-state index in [0.717, 1.165) is 5.56 Å². The molecule has 0 fully saturated rings. The molecule has 1 aromatic carbocycles. The number of hydrogen-bond acceptors (Lipinski definition) is 1. The molecule has 0 aliphatic carbocycles. The van der Waals surface area contributed by atoms with Crippen molar-refractivity contribution in [3.05, 3.63) is 33.8 Å². The average molecular weight is 398 g/mol. The van der Waals surface area contributed by atoms with Crippen LogP contribution in [0.1, 0.15) is 5.56 Å². The first-order valence-electron chi connectivity index (χ1n) is 4.99. The van der Waals surface area contributed by atoms with Crippen LogP contribution in [0.25, 0.3) is 0 Å². The molecule has 3 nitrogen and oxygen atoms in total. The third-order valence-electron chi connectivity index (χ3n) is 2.04. The highest BCUT2D eigenvalue weighted by Crippen LogP contribution is 2.20. The van der Waals surface area contributed by atoms with E-state index in [2.05, 4.69) is 21.5 Å². The zero-order valence-electron chi connectivity index (χ0n) is 9.84. The molecule has 0 atom stereocenters. The van der Waals surface area contributed by atoms with Crippen molar-refractivity contribution in [2.75, 3.05) is 13.6 Å². The first-order chi connectivity index (χ1) is 8.17. The summed E-state index contributed by atoms with van der Waals surface area (Å²) in [6, 6.07) is 5.37. The quantitative estimate of drug-likeness (QED) is 0.356. The van der Waals surface area contributed by atoms with Crippen LogP contribution in [0.15, 0.2) is 23.2 Å². The monoisotopic (exact) mass is 397 g/mol. The topological polar surface area (TPSA) is 36.4 Å². The maximum absolute atomic E-state index is 6.04. The second-order valence-electron chi connectivity index (χ2n) is 3.22. The van der Waals surface area contributed by atoms with Gasteiger partial charge in [0.05, 0.1) is 6.54 Å². The lowest BCUT2D eigenvalue weighted by Crippen LogP contribution is -2.36. The maximum Gasteiger partial charge on any atom is 0.192 e. The van der Waals surface area contributed by atoms with Crippen molar-refractivity contribution in [2.24, 2.45) is 4.99 Å². The summed E-state index contributed by atoms with van der Waals surface area (Å²) in [5, 5.41) is 7.29. The van der Waals surface area contributed by atoms with Crippen LogP contribution in [0.5, 0.6) is 0 Å². The largest absolute Gasteiger partial charge is 0.352 e. The molecule has 2 N–H and O–H groups in total. The molecule has 1 aromatic rings. The van der Waals surface area contributed by atoms with Crippen LogP contribution in [0.3, 0.4) is 0 Å². The zero-order chi connectivity index (χ0) is 12.7. The van der Waals surface area contributed by atoms with Crippen LogP contribution in [0.2, 0.25) is 10.0 Å². The van der Waals surface area contributed by atoms with Crippen LogP contribution >= 0.6 is 47.2 Å². The van der Waals surface area contributed by atoms with Gasteiger partial charge in [-0.25, -0.2) is 0 Å². The summed E-state index contributed by atoms with van der Waals surface area (Å²) in [7, 11) is 1.68. The Morgan fingerprint density at radius 3 is 2.67 bits per heavy atom. The van der Waals surface area contributed by atoms with Crippen LogP contribution in [-0.4, -0.2) is 19.6 Å². The molecule has 0 saturated carbocycles. The van der Waals surface area contributed by atoms with Gasteiger partial charge in [0.25, 0.3) is 0 Å². The molecule has 0 spiro atoms. The lowest BCUT2D eigenvalue weighted by Gasteiger charge is -2.11. The van der Waals surface area contributed by atoms with Crippen molar-refractivity contribution in [1.29, 1.82) is 0 Å². The van der Waals surface area contributed by atoms with Crippen LogP contribution in [-0.2, 0) is 6.54 Å². The second-order valence-corrected chi connectivity index (χ2v) is 4.06. The minimum Gasteiger partial charge on any atom is -0.352 e. The summed E-state index contributed by atoms with van der Waals surface area (Å²) >= 11 is 11.9. The molecule has 0 aliphatic heterocycles. The number of rotatable bonds is 3. The van der Waals surface area contributed by atoms with E-state index in [4.69, 9.17) is 29.6 Å². The highest BCUT2D eigenvalue weighted by atomic mass is 127. The van der Waals surface area contributed by atoms with E-state index in [9.17, 15) is 0 Å². The number of benzene rings is 1. The van der Waals surface area contributed by atoms with Gasteiger partial charge in [0.15, 0.2) is 5.96 Å². The van der Waals surface area contributed by atoms with E-state index in [-0.39, 0.29) is 24.0 Å². The number of aliphatic imine (C=N–C) groups is 1. The van der Waals surface area contributed by atoms with Gasteiger partial charge in [0.2, 0.25) is 0 Å². The van der Waals surface area contributed by atoms with Crippen LogP contribution in [0, 0.1) is 12.3 Å². The SMILES string of the molecule is C#CCNC(=NC)NCc1ccc(Cl)cc1Cl.I. The molecule has 0 bridgehead atoms. The number of terminal acetylenes is 1. The molecule has 6 heteroatoms. The summed E-state index contributed by atoms with van der Waals surface area (Å²) in [4.78, 5) is 4.02. The van der Waals surface area contributed by atoms with E-state index in [1.807, 2.05) is 6.07 Å². The Morgan fingerprint density at radius 1 is 1.39 bits per heavy atom. The Labute approximate surface area is 134 Å². The van der Waals surface area contributed by atoms with Gasteiger partial charge in [0.1, 0.15) is 0 Å². The lowest BCUT2D eigenvalue weighted by molar-refractivity contribution is 0.851. The fourth-order valence-corrected chi connectivity index (χ4v) is 1.67. The van der Waals surface area contributed by atoms with Gasteiger partial charge in [-0.1, -0.05) is 35.2 Å². The molecular weight excluding hydrogens is 384 g/mol. The van der Waals surface area contributed by atoms with Crippen molar-refractivity contribution < 1.29 is 0 Å². The highest BCUT2D eigenvalue weighted by Gasteiger charge is 2.02. The van der Waals surface area contributed by atoms with Crippen molar-refractivity contribution in [3.8, 4) is 12.3 Å². The number of nitrogens with one attached hydrogen (secondary N) is 2. The van der Waals surface area contributed by atoms with E-state index < -0.39 is 0 Å².